The van der Waals surface area contributed by atoms with E-state index in [1.165, 1.54) is 4.90 Å². The number of nitrogens with one attached hydrogen (secondary N) is 2. The molecule has 0 radical (unpaired) electrons. The number of thiocarbonyl (C=S) groups is 1. The van der Waals surface area contributed by atoms with E-state index in [1.54, 1.807) is 12.3 Å². The van der Waals surface area contributed by atoms with E-state index >= 15 is 0 Å². The number of para-hydroxylation sites is 1. The highest BCUT2D eigenvalue weighted by molar-refractivity contribution is 8.26. The van der Waals surface area contributed by atoms with Gasteiger partial charge in [0.1, 0.15) is 16.9 Å². The number of carboxylic acid groups (broad SMARTS) is 1. The average molecular weight is 466 g/mol. The van der Waals surface area contributed by atoms with Gasteiger partial charge in [-0.2, -0.15) is 0 Å². The fourth-order valence-electron chi connectivity index (χ4n) is 3.44. The minimum atomic E-state index is -1.15. The average Bonchev–Trinajstić information content (AvgIpc) is 3.30. The van der Waals surface area contributed by atoms with Gasteiger partial charge in [-0.1, -0.05) is 72.5 Å². The number of nitrogens with zero attached hydrogens (tertiary/aromatic N) is 1. The summed E-state index contributed by atoms with van der Waals surface area (Å²) in [6, 6.07) is 15.7. The number of rotatable bonds is 7. The molecule has 1 aliphatic heterocycles. The van der Waals surface area contributed by atoms with Crippen molar-refractivity contribution >= 4 is 63.1 Å². The van der Waals surface area contributed by atoms with Crippen LogP contribution in [0.4, 0.5) is 0 Å². The first kappa shape index (κ1) is 21.8. The van der Waals surface area contributed by atoms with Crippen LogP contribution in [0.2, 0.25) is 0 Å². The summed E-state index contributed by atoms with van der Waals surface area (Å²) < 4.78 is 0.260. The van der Waals surface area contributed by atoms with Gasteiger partial charge >= 0.3 is 5.97 Å². The molecule has 32 heavy (non-hydrogen) atoms. The molecular formula is C23H19N3O4S2. The molecule has 1 saturated heterocycles. The molecule has 0 spiro atoms. The maximum atomic E-state index is 12.7. The number of carbonyl (C=O) groups excluding carboxylic acids is 2. The van der Waals surface area contributed by atoms with Crippen LogP contribution in [0.15, 0.2) is 65.7 Å². The Hall–Kier alpha value is -3.43. The van der Waals surface area contributed by atoms with Crippen molar-refractivity contribution in [2.45, 2.75) is 12.5 Å². The third-order valence-electron chi connectivity index (χ3n) is 5.00. The summed E-state index contributed by atoms with van der Waals surface area (Å²) in [7, 11) is 0. The summed E-state index contributed by atoms with van der Waals surface area (Å²) in [5, 5.41) is 13.0. The zero-order chi connectivity index (χ0) is 22.7. The van der Waals surface area contributed by atoms with Gasteiger partial charge in [-0.05, 0) is 23.3 Å². The van der Waals surface area contributed by atoms with Crippen LogP contribution in [0.1, 0.15) is 11.1 Å². The maximum absolute atomic E-state index is 12.7. The lowest BCUT2D eigenvalue weighted by Crippen LogP contribution is -2.47. The Morgan fingerprint density at radius 1 is 1.16 bits per heavy atom. The van der Waals surface area contributed by atoms with Crippen LogP contribution < -0.4 is 5.32 Å². The molecule has 9 heteroatoms. The first-order valence-corrected chi connectivity index (χ1v) is 11.0. The van der Waals surface area contributed by atoms with Crippen molar-refractivity contribution in [3.05, 3.63) is 76.8 Å². The number of aromatic nitrogens is 1. The third kappa shape index (κ3) is 4.74. The number of H-pyrrole nitrogens is 1. The maximum Gasteiger partial charge on any atom is 0.326 e. The SMILES string of the molecule is O=C(CN1C(=O)/C(=C/c2ccccc2)SC1=S)N[C@H](Cc1c[nH]c2ccccc12)C(=O)O. The van der Waals surface area contributed by atoms with Crippen molar-refractivity contribution in [2.75, 3.05) is 6.54 Å². The standard InChI is InChI=1S/C23H19N3O4S2/c27-20(13-26-21(28)19(32-23(26)31)10-14-6-2-1-3-7-14)25-18(22(29)30)11-15-12-24-17-9-5-4-8-16(15)17/h1-10,12,18,24H,11,13H2,(H,25,27)(H,29,30)/b19-10-/t18-/m1/s1. The first-order chi connectivity index (χ1) is 15.4. The van der Waals surface area contributed by atoms with E-state index in [4.69, 9.17) is 12.2 Å². The Labute approximate surface area is 193 Å². The van der Waals surface area contributed by atoms with Crippen molar-refractivity contribution in [2.24, 2.45) is 0 Å². The molecule has 2 aromatic carbocycles. The number of carboxylic acids is 1. The molecule has 1 aliphatic rings. The molecule has 3 N–H and O–H groups in total. The number of hydrogen-bond donors (Lipinski definition) is 3. The molecule has 0 saturated carbocycles. The Balaban J connectivity index is 1.43. The van der Waals surface area contributed by atoms with E-state index in [0.29, 0.717) is 4.91 Å². The first-order valence-electron chi connectivity index (χ1n) is 9.80. The second kappa shape index (κ2) is 9.37. The Kier molecular flexibility index (Phi) is 6.38. The number of fused-ring (bicyclic) bond motifs is 1. The number of amides is 2. The summed E-state index contributed by atoms with van der Waals surface area (Å²) in [6.45, 7) is -0.339. The molecule has 1 fully saturated rings. The van der Waals surface area contributed by atoms with E-state index < -0.39 is 17.9 Å². The van der Waals surface area contributed by atoms with Crippen LogP contribution in [-0.4, -0.2) is 49.7 Å². The molecule has 1 atom stereocenters. The van der Waals surface area contributed by atoms with Gasteiger partial charge in [-0.15, -0.1) is 0 Å². The molecule has 0 aliphatic carbocycles. The van der Waals surface area contributed by atoms with Gasteiger partial charge in [0.2, 0.25) is 5.91 Å². The zero-order valence-electron chi connectivity index (χ0n) is 16.8. The predicted octanol–water partition coefficient (Wildman–Crippen LogP) is 3.18. The highest BCUT2D eigenvalue weighted by Crippen LogP contribution is 2.32. The molecule has 3 aromatic rings. The smallest absolute Gasteiger partial charge is 0.326 e. The normalized spacial score (nSPS) is 16.0. The Bertz CT molecular complexity index is 1240. The fraction of sp³-hybridized carbons (Fsp3) is 0.130. The number of aromatic amines is 1. The molecule has 0 bridgehead atoms. The number of hydrogen-bond acceptors (Lipinski definition) is 5. The molecule has 0 unspecified atom stereocenters. The number of aliphatic carboxylic acids is 1. The highest BCUT2D eigenvalue weighted by atomic mass is 32.2. The second-order valence-corrected chi connectivity index (χ2v) is 8.88. The fourth-order valence-corrected chi connectivity index (χ4v) is 4.70. The van der Waals surface area contributed by atoms with Gasteiger partial charge in [-0.3, -0.25) is 14.5 Å². The van der Waals surface area contributed by atoms with Crippen molar-refractivity contribution in [3.8, 4) is 0 Å². The van der Waals surface area contributed by atoms with Gasteiger partial charge < -0.3 is 15.4 Å². The lowest BCUT2D eigenvalue weighted by atomic mass is 10.0. The molecular weight excluding hydrogens is 446 g/mol. The summed E-state index contributed by atoms with van der Waals surface area (Å²) in [6.07, 6.45) is 3.56. The topological polar surface area (TPSA) is 103 Å². The van der Waals surface area contributed by atoms with Crippen molar-refractivity contribution in [3.63, 3.8) is 0 Å². The second-order valence-electron chi connectivity index (χ2n) is 7.20. The van der Waals surface area contributed by atoms with Crippen LogP contribution in [-0.2, 0) is 20.8 Å². The van der Waals surface area contributed by atoms with E-state index in [-0.39, 0.29) is 23.2 Å². The Morgan fingerprint density at radius 2 is 1.88 bits per heavy atom. The molecule has 162 valence electrons. The van der Waals surface area contributed by atoms with E-state index in [1.807, 2.05) is 54.6 Å². The lowest BCUT2D eigenvalue weighted by molar-refractivity contribution is -0.141. The zero-order valence-corrected chi connectivity index (χ0v) is 18.4. The van der Waals surface area contributed by atoms with Gasteiger partial charge in [0, 0.05) is 23.5 Å². The monoisotopic (exact) mass is 465 g/mol. The van der Waals surface area contributed by atoms with Crippen molar-refractivity contribution in [1.82, 2.24) is 15.2 Å². The minimum absolute atomic E-state index is 0.109. The van der Waals surface area contributed by atoms with E-state index in [2.05, 4.69) is 10.3 Å². The largest absolute Gasteiger partial charge is 0.480 e. The van der Waals surface area contributed by atoms with Gasteiger partial charge in [0.25, 0.3) is 5.91 Å². The highest BCUT2D eigenvalue weighted by Gasteiger charge is 2.34. The van der Waals surface area contributed by atoms with Crippen molar-refractivity contribution in [1.29, 1.82) is 0 Å². The van der Waals surface area contributed by atoms with Gasteiger partial charge in [0.05, 0.1) is 4.91 Å². The summed E-state index contributed by atoms with van der Waals surface area (Å²) in [5.74, 6) is -2.12. The lowest BCUT2D eigenvalue weighted by Gasteiger charge is -2.18. The molecule has 4 rings (SSSR count). The molecule has 2 heterocycles. The summed E-state index contributed by atoms with van der Waals surface area (Å²) >= 11 is 6.38. The molecule has 2 amide bonds. The van der Waals surface area contributed by atoms with Crippen molar-refractivity contribution < 1.29 is 19.5 Å². The predicted molar refractivity (Wildman–Crippen MR) is 128 cm³/mol. The number of carbonyl (C=O) groups is 3. The van der Waals surface area contributed by atoms with Crippen LogP contribution >= 0.6 is 24.0 Å². The minimum Gasteiger partial charge on any atom is -0.480 e. The summed E-state index contributed by atoms with van der Waals surface area (Å²) in [4.78, 5) is 41.8. The summed E-state index contributed by atoms with van der Waals surface area (Å²) in [5.41, 5.74) is 2.52. The van der Waals surface area contributed by atoms with Gasteiger partial charge in [-0.25, -0.2) is 4.79 Å². The van der Waals surface area contributed by atoms with Crippen LogP contribution in [0.5, 0.6) is 0 Å². The Morgan fingerprint density at radius 3 is 2.62 bits per heavy atom. The van der Waals surface area contributed by atoms with E-state index in [0.717, 1.165) is 33.8 Å². The van der Waals surface area contributed by atoms with Gasteiger partial charge in [0.15, 0.2) is 0 Å². The van der Waals surface area contributed by atoms with Crippen LogP contribution in [0, 0.1) is 0 Å². The molecule has 7 nitrogen and oxygen atoms in total. The number of thioether (sulfide) groups is 1. The number of benzene rings is 2. The quantitative estimate of drug-likeness (QED) is 0.366. The van der Waals surface area contributed by atoms with Crippen LogP contribution in [0.3, 0.4) is 0 Å². The third-order valence-corrected chi connectivity index (χ3v) is 6.38. The van der Waals surface area contributed by atoms with E-state index in [9.17, 15) is 19.5 Å². The molecule has 1 aromatic heterocycles. The van der Waals surface area contributed by atoms with Crippen LogP contribution in [0.25, 0.3) is 17.0 Å².